The van der Waals surface area contributed by atoms with E-state index in [2.05, 4.69) is 13.2 Å². The van der Waals surface area contributed by atoms with Gasteiger partial charge in [0.2, 0.25) is 5.78 Å². The molecule has 0 aromatic rings. The Kier molecular flexibility index (Phi) is 3.03. The summed E-state index contributed by atoms with van der Waals surface area (Å²) in [6.45, 7) is 7.10. The first-order valence-electron chi connectivity index (χ1n) is 4.00. The Balaban J connectivity index is 2.88. The Labute approximate surface area is 77.0 Å². The molecular weight excluding hydrogens is 168 g/mol. The zero-order chi connectivity index (χ0) is 9.84. The topological polar surface area (TPSA) is 46.5 Å². The minimum absolute atomic E-state index is 0.366. The van der Waals surface area contributed by atoms with Crippen LogP contribution < -0.4 is 0 Å². The molecule has 1 aliphatic heterocycles. The summed E-state index contributed by atoms with van der Waals surface area (Å²) < 4.78 is 4.74. The molecule has 0 saturated heterocycles. The normalized spacial score (nSPS) is 27.5. The van der Waals surface area contributed by atoms with Crippen molar-refractivity contribution in [1.29, 1.82) is 0 Å². The number of carbonyl (C=O) groups is 1. The summed E-state index contributed by atoms with van der Waals surface area (Å²) in [5.74, 6) is -0.809. The molecule has 2 unspecified atom stereocenters. The molecule has 1 aliphatic rings. The lowest BCUT2D eigenvalue weighted by Gasteiger charge is -2.23. The third-order valence-electron chi connectivity index (χ3n) is 1.91. The summed E-state index contributed by atoms with van der Waals surface area (Å²) in [4.78, 5) is 11.3. The van der Waals surface area contributed by atoms with Gasteiger partial charge in [-0.1, -0.05) is 12.2 Å². The van der Waals surface area contributed by atoms with Crippen LogP contribution in [0.3, 0.4) is 0 Å². The van der Waals surface area contributed by atoms with Crippen molar-refractivity contribution in [3.05, 3.63) is 37.1 Å². The number of Topliss-reactive ketones (excluding diaryl/α,β-unsaturated/α-hetero) is 1. The van der Waals surface area contributed by atoms with Crippen molar-refractivity contribution in [2.75, 3.05) is 0 Å². The number of ether oxygens (including phenoxy) is 1. The number of ketones is 1. The number of aliphatic hydroxyl groups excluding tert-OH is 1. The summed E-state index contributed by atoms with van der Waals surface area (Å²) >= 11 is 0. The fraction of sp³-hybridized carbons (Fsp3) is 0.300. The van der Waals surface area contributed by atoms with Crippen molar-refractivity contribution in [2.45, 2.75) is 12.7 Å². The van der Waals surface area contributed by atoms with Crippen molar-refractivity contribution in [3.8, 4) is 0 Å². The molecule has 0 spiro atoms. The van der Waals surface area contributed by atoms with Crippen LogP contribution in [-0.2, 0) is 9.53 Å². The molecule has 3 heteroatoms. The van der Waals surface area contributed by atoms with Gasteiger partial charge in [-0.3, -0.25) is 4.79 Å². The molecule has 13 heavy (non-hydrogen) atoms. The summed E-state index contributed by atoms with van der Waals surface area (Å²) in [5, 5.41) is 9.08. The highest BCUT2D eigenvalue weighted by Crippen LogP contribution is 2.24. The third kappa shape index (κ3) is 1.87. The summed E-state index contributed by atoms with van der Waals surface area (Å²) in [6.07, 6.45) is 3.80. The first kappa shape index (κ1) is 9.74. The van der Waals surface area contributed by atoms with Crippen LogP contribution in [0.25, 0.3) is 0 Å². The fourth-order valence-electron chi connectivity index (χ4n) is 1.24. The van der Waals surface area contributed by atoms with E-state index in [1.165, 1.54) is 12.3 Å². The van der Waals surface area contributed by atoms with Gasteiger partial charge in [-0.15, -0.1) is 13.2 Å². The van der Waals surface area contributed by atoms with Crippen LogP contribution >= 0.6 is 0 Å². The fourth-order valence-corrected chi connectivity index (χ4v) is 1.24. The van der Waals surface area contributed by atoms with E-state index in [-0.39, 0.29) is 5.78 Å². The van der Waals surface area contributed by atoms with E-state index in [0.717, 1.165) is 5.57 Å². The first-order valence-corrected chi connectivity index (χ1v) is 4.00. The van der Waals surface area contributed by atoms with Gasteiger partial charge in [-0.2, -0.15) is 0 Å². The van der Waals surface area contributed by atoms with Crippen molar-refractivity contribution < 1.29 is 14.6 Å². The highest BCUT2D eigenvalue weighted by atomic mass is 16.6. The van der Waals surface area contributed by atoms with E-state index in [1.54, 1.807) is 6.08 Å². The number of carbonyl (C=O) groups excluding carboxylic acids is 1. The molecule has 0 fully saturated rings. The van der Waals surface area contributed by atoms with Gasteiger partial charge in [0, 0.05) is 0 Å². The van der Waals surface area contributed by atoms with Crippen LogP contribution in [0.4, 0.5) is 0 Å². The zero-order valence-electron chi connectivity index (χ0n) is 7.27. The third-order valence-corrected chi connectivity index (χ3v) is 1.91. The van der Waals surface area contributed by atoms with Gasteiger partial charge >= 0.3 is 0 Å². The minimum Gasteiger partial charge on any atom is -0.465 e. The average Bonchev–Trinajstić information content (AvgIpc) is 2.12. The molecule has 0 aromatic carbocycles. The standard InChI is InChI=1S/C10H12O3/c1-3-5-7-6-13-10(12)9(11)8(7)4-2/h3-4,6,8,10,12H,1-2,5H2. The van der Waals surface area contributed by atoms with Crippen molar-refractivity contribution in [2.24, 2.45) is 5.92 Å². The molecule has 0 radical (unpaired) electrons. The van der Waals surface area contributed by atoms with E-state index in [9.17, 15) is 4.79 Å². The van der Waals surface area contributed by atoms with Gasteiger partial charge in [-0.25, -0.2) is 0 Å². The second-order valence-electron chi connectivity index (χ2n) is 2.79. The molecule has 0 amide bonds. The maximum atomic E-state index is 11.3. The van der Waals surface area contributed by atoms with Crippen molar-refractivity contribution in [3.63, 3.8) is 0 Å². The largest absolute Gasteiger partial charge is 0.465 e. The number of allylic oxidation sites excluding steroid dienone is 3. The Morgan fingerprint density at radius 1 is 1.62 bits per heavy atom. The molecule has 0 aliphatic carbocycles. The minimum atomic E-state index is -1.35. The maximum absolute atomic E-state index is 11.3. The van der Waals surface area contributed by atoms with Crippen LogP contribution in [0.1, 0.15) is 6.42 Å². The molecule has 1 heterocycles. The van der Waals surface area contributed by atoms with Crippen molar-refractivity contribution in [1.82, 2.24) is 0 Å². The molecule has 0 bridgehead atoms. The second-order valence-corrected chi connectivity index (χ2v) is 2.79. The van der Waals surface area contributed by atoms with Crippen LogP contribution in [0.5, 0.6) is 0 Å². The van der Waals surface area contributed by atoms with Crippen LogP contribution in [0.15, 0.2) is 37.1 Å². The Hall–Kier alpha value is -1.35. The lowest BCUT2D eigenvalue weighted by molar-refractivity contribution is -0.151. The van der Waals surface area contributed by atoms with E-state index in [1.807, 2.05) is 0 Å². The van der Waals surface area contributed by atoms with Gasteiger partial charge in [0.25, 0.3) is 6.29 Å². The number of hydrogen-bond donors (Lipinski definition) is 1. The molecule has 1 N–H and O–H groups in total. The molecule has 70 valence electrons. The first-order chi connectivity index (χ1) is 6.20. The smallest absolute Gasteiger partial charge is 0.257 e. The van der Waals surface area contributed by atoms with E-state index in [4.69, 9.17) is 9.84 Å². The predicted molar refractivity (Wildman–Crippen MR) is 48.7 cm³/mol. The SMILES string of the molecule is C=CCC1=COC(O)C(=O)C1C=C. The maximum Gasteiger partial charge on any atom is 0.257 e. The lowest BCUT2D eigenvalue weighted by Crippen LogP contribution is -2.33. The monoisotopic (exact) mass is 180 g/mol. The average molecular weight is 180 g/mol. The zero-order valence-corrected chi connectivity index (χ0v) is 7.27. The highest BCUT2D eigenvalue weighted by molar-refractivity contribution is 5.89. The summed E-state index contributed by atoms with van der Waals surface area (Å²) in [6, 6.07) is 0. The molecular formula is C10H12O3. The summed E-state index contributed by atoms with van der Waals surface area (Å²) in [7, 11) is 0. The molecule has 3 nitrogen and oxygen atoms in total. The van der Waals surface area contributed by atoms with Gasteiger partial charge in [0.1, 0.15) is 0 Å². The Morgan fingerprint density at radius 3 is 2.85 bits per heavy atom. The predicted octanol–water partition coefficient (Wildman–Crippen LogP) is 1.17. The van der Waals surface area contributed by atoms with E-state index >= 15 is 0 Å². The molecule has 2 atom stereocenters. The second kappa shape index (κ2) is 4.05. The van der Waals surface area contributed by atoms with Crippen molar-refractivity contribution >= 4 is 5.78 Å². The summed E-state index contributed by atoms with van der Waals surface area (Å²) in [5.41, 5.74) is 0.778. The quantitative estimate of drug-likeness (QED) is 0.663. The van der Waals surface area contributed by atoms with Crippen LogP contribution in [0, 0.1) is 5.92 Å². The van der Waals surface area contributed by atoms with Crippen LogP contribution in [-0.4, -0.2) is 17.2 Å². The van der Waals surface area contributed by atoms with Gasteiger partial charge in [-0.05, 0) is 12.0 Å². The van der Waals surface area contributed by atoms with Gasteiger partial charge in [0.15, 0.2) is 0 Å². The van der Waals surface area contributed by atoms with E-state index in [0.29, 0.717) is 6.42 Å². The van der Waals surface area contributed by atoms with Crippen LogP contribution in [0.2, 0.25) is 0 Å². The highest BCUT2D eigenvalue weighted by Gasteiger charge is 2.30. The molecule has 1 rings (SSSR count). The van der Waals surface area contributed by atoms with Gasteiger partial charge < -0.3 is 9.84 Å². The number of aliphatic hydroxyl groups is 1. The number of rotatable bonds is 3. The lowest BCUT2D eigenvalue weighted by atomic mass is 9.91. The Bertz CT molecular complexity index is 265. The van der Waals surface area contributed by atoms with E-state index < -0.39 is 12.2 Å². The molecule has 0 aromatic heterocycles. The molecule has 0 saturated carbocycles. The number of hydrogen-bond acceptors (Lipinski definition) is 3. The van der Waals surface area contributed by atoms with Gasteiger partial charge in [0.05, 0.1) is 12.2 Å². The Morgan fingerprint density at radius 2 is 2.31 bits per heavy atom.